The molecular weight excluding hydrogens is 549 g/mol. The molecule has 3 aromatic carbocycles. The van der Waals surface area contributed by atoms with Crippen LogP contribution in [0.5, 0.6) is 11.5 Å². The molecule has 214 valence electrons. The highest BCUT2D eigenvalue weighted by Gasteiger charge is 2.21. The minimum atomic E-state index is -0.741. The van der Waals surface area contributed by atoms with Crippen molar-refractivity contribution in [2.45, 2.75) is 31.0 Å². The maximum atomic E-state index is 15.4. The number of hydrogen-bond donors (Lipinski definition) is 1. The molecule has 0 amide bonds. The fourth-order valence-electron chi connectivity index (χ4n) is 4.56. The number of hydrogen-bond acceptors (Lipinski definition) is 7. The van der Waals surface area contributed by atoms with Gasteiger partial charge < -0.3 is 14.8 Å². The van der Waals surface area contributed by atoms with Gasteiger partial charge in [-0.2, -0.15) is 4.39 Å². The largest absolute Gasteiger partial charge is 0.497 e. The van der Waals surface area contributed by atoms with Crippen LogP contribution in [0.1, 0.15) is 23.1 Å². The van der Waals surface area contributed by atoms with Crippen molar-refractivity contribution in [3.63, 3.8) is 0 Å². The Hall–Kier alpha value is -3.89. The first-order chi connectivity index (χ1) is 19.9. The van der Waals surface area contributed by atoms with Gasteiger partial charge in [-0.1, -0.05) is 30.3 Å². The lowest BCUT2D eigenvalue weighted by molar-refractivity contribution is 0.172. The highest BCUT2D eigenvalue weighted by Crippen LogP contribution is 2.36. The Bertz CT molecular complexity index is 1480. The van der Waals surface area contributed by atoms with Crippen LogP contribution in [0.3, 0.4) is 0 Å². The molecule has 0 atom stereocenters. The van der Waals surface area contributed by atoms with Crippen LogP contribution in [0.2, 0.25) is 0 Å². The summed E-state index contributed by atoms with van der Waals surface area (Å²) < 4.78 is 57.2. The fraction of sp³-hybridized carbons (Fsp3) is 0.258. The summed E-state index contributed by atoms with van der Waals surface area (Å²) in [5.41, 5.74) is 3.30. The Labute approximate surface area is 242 Å². The van der Waals surface area contributed by atoms with Crippen LogP contribution in [0.4, 0.5) is 24.7 Å². The van der Waals surface area contributed by atoms with E-state index in [1.807, 2.05) is 18.2 Å². The van der Waals surface area contributed by atoms with Gasteiger partial charge in [0.1, 0.15) is 33.8 Å². The normalized spacial score (nSPS) is 13.0. The van der Waals surface area contributed by atoms with Crippen LogP contribution in [-0.4, -0.2) is 37.2 Å². The van der Waals surface area contributed by atoms with Crippen LogP contribution >= 0.6 is 11.9 Å². The molecule has 5 rings (SSSR count). The first-order valence-electron chi connectivity index (χ1n) is 13.2. The van der Waals surface area contributed by atoms with Gasteiger partial charge in [-0.15, -0.1) is 0 Å². The summed E-state index contributed by atoms with van der Waals surface area (Å²) in [6.45, 7) is 3.60. The molecule has 1 fully saturated rings. The third-order valence-electron chi connectivity index (χ3n) is 6.91. The third-order valence-corrected chi connectivity index (χ3v) is 8.02. The van der Waals surface area contributed by atoms with E-state index in [1.165, 1.54) is 47.7 Å². The lowest BCUT2D eigenvalue weighted by atomic mass is 10.1. The second kappa shape index (κ2) is 13.2. The predicted molar refractivity (Wildman–Crippen MR) is 156 cm³/mol. The Morgan fingerprint density at radius 1 is 0.878 bits per heavy atom. The average molecular weight is 581 g/mol. The SMILES string of the molecule is COc1ccc(CN(Sc2c(F)cc(NCc3ccccc3CN3CCC3)cc2F)c2cccc(F)n2)c(OC)c1. The van der Waals surface area contributed by atoms with Gasteiger partial charge in [-0.3, -0.25) is 9.21 Å². The van der Waals surface area contributed by atoms with Crippen molar-refractivity contribution in [1.82, 2.24) is 9.88 Å². The van der Waals surface area contributed by atoms with Crippen molar-refractivity contribution in [2.75, 3.05) is 36.9 Å². The zero-order valence-corrected chi connectivity index (χ0v) is 23.7. The van der Waals surface area contributed by atoms with Gasteiger partial charge in [0.25, 0.3) is 0 Å². The van der Waals surface area contributed by atoms with Crippen LogP contribution in [-0.2, 0) is 19.6 Å². The maximum Gasteiger partial charge on any atom is 0.214 e. The number of nitrogens with zero attached hydrogens (tertiary/aromatic N) is 3. The Morgan fingerprint density at radius 3 is 2.29 bits per heavy atom. The molecule has 2 heterocycles. The number of anilines is 2. The number of benzene rings is 3. The molecule has 1 saturated heterocycles. The molecule has 1 aromatic heterocycles. The Balaban J connectivity index is 1.36. The number of likely N-dealkylation sites (tertiary alicyclic amines) is 1. The van der Waals surface area contributed by atoms with E-state index in [1.54, 1.807) is 31.4 Å². The van der Waals surface area contributed by atoms with Crippen LogP contribution in [0.15, 0.2) is 77.7 Å². The number of pyridine rings is 1. The number of aromatic nitrogens is 1. The van der Waals surface area contributed by atoms with Crippen molar-refractivity contribution in [1.29, 1.82) is 0 Å². The van der Waals surface area contributed by atoms with Crippen molar-refractivity contribution in [3.8, 4) is 11.5 Å². The van der Waals surface area contributed by atoms with E-state index in [9.17, 15) is 4.39 Å². The van der Waals surface area contributed by atoms with Gasteiger partial charge in [0.05, 0.1) is 20.8 Å². The van der Waals surface area contributed by atoms with E-state index in [4.69, 9.17) is 9.47 Å². The molecule has 1 aliphatic rings. The average Bonchev–Trinajstić information content (AvgIpc) is 2.95. The van der Waals surface area contributed by atoms with E-state index in [-0.39, 0.29) is 17.3 Å². The van der Waals surface area contributed by atoms with Gasteiger partial charge in [-0.25, -0.2) is 13.8 Å². The van der Waals surface area contributed by atoms with E-state index >= 15 is 8.78 Å². The second-order valence-electron chi connectivity index (χ2n) is 9.65. The molecule has 41 heavy (non-hydrogen) atoms. The summed E-state index contributed by atoms with van der Waals surface area (Å²) in [7, 11) is 3.06. The van der Waals surface area contributed by atoms with Crippen molar-refractivity contribution in [2.24, 2.45) is 0 Å². The number of rotatable bonds is 12. The number of ether oxygens (including phenoxy) is 2. The van der Waals surface area contributed by atoms with Crippen molar-refractivity contribution >= 4 is 23.5 Å². The molecule has 0 radical (unpaired) electrons. The monoisotopic (exact) mass is 580 g/mol. The maximum absolute atomic E-state index is 15.4. The minimum absolute atomic E-state index is 0.126. The van der Waals surface area contributed by atoms with Crippen LogP contribution in [0.25, 0.3) is 0 Å². The first kappa shape index (κ1) is 28.6. The molecule has 0 unspecified atom stereocenters. The fourth-order valence-corrected chi connectivity index (χ4v) is 5.47. The van der Waals surface area contributed by atoms with E-state index in [0.717, 1.165) is 37.1 Å². The summed E-state index contributed by atoms with van der Waals surface area (Å²) in [6.07, 6.45) is 1.21. The summed E-state index contributed by atoms with van der Waals surface area (Å²) in [6, 6.07) is 20.2. The highest BCUT2D eigenvalue weighted by molar-refractivity contribution is 8.00. The van der Waals surface area contributed by atoms with Gasteiger partial charge >= 0.3 is 0 Å². The second-order valence-corrected chi connectivity index (χ2v) is 10.7. The standard InChI is InChI=1S/C31H31F3N4O2S/c1-39-25-12-11-23(28(17-25)40-2)20-38(30-10-5-9-29(34)36-30)41-31-26(32)15-24(16-27(31)33)35-18-21-7-3-4-8-22(21)19-37-13-6-14-37/h3-5,7-12,15-17,35H,6,13-14,18-20H2,1-2H3. The van der Waals surface area contributed by atoms with Crippen LogP contribution < -0.4 is 19.1 Å². The molecule has 0 aliphatic carbocycles. The number of nitrogens with one attached hydrogen (secondary N) is 1. The van der Waals surface area contributed by atoms with E-state index < -0.39 is 17.6 Å². The lowest BCUT2D eigenvalue weighted by Crippen LogP contribution is -2.36. The van der Waals surface area contributed by atoms with Crippen molar-refractivity contribution < 1.29 is 22.6 Å². The molecule has 1 N–H and O–H groups in total. The summed E-state index contributed by atoms with van der Waals surface area (Å²) in [4.78, 5) is 6.08. The van der Waals surface area contributed by atoms with Gasteiger partial charge in [-0.05, 0) is 79.0 Å². The summed E-state index contributed by atoms with van der Waals surface area (Å²) in [5.74, 6) is -0.875. The molecule has 10 heteroatoms. The molecule has 0 saturated carbocycles. The summed E-state index contributed by atoms with van der Waals surface area (Å²) in [5, 5.41) is 3.17. The molecule has 0 bridgehead atoms. The predicted octanol–water partition coefficient (Wildman–Crippen LogP) is 7.05. The Kier molecular flexibility index (Phi) is 9.21. The zero-order chi connectivity index (χ0) is 28.8. The van der Waals surface area contributed by atoms with E-state index in [2.05, 4.69) is 21.3 Å². The van der Waals surface area contributed by atoms with E-state index in [0.29, 0.717) is 29.3 Å². The molecular formula is C31H31F3N4O2S. The highest BCUT2D eigenvalue weighted by atomic mass is 32.2. The Morgan fingerprint density at radius 2 is 1.63 bits per heavy atom. The van der Waals surface area contributed by atoms with Crippen LogP contribution in [0, 0.1) is 17.6 Å². The number of methoxy groups -OCH3 is 2. The minimum Gasteiger partial charge on any atom is -0.497 e. The molecule has 0 spiro atoms. The van der Waals surface area contributed by atoms with Gasteiger partial charge in [0.2, 0.25) is 5.95 Å². The lowest BCUT2D eigenvalue weighted by Gasteiger charge is -2.31. The summed E-state index contributed by atoms with van der Waals surface area (Å²) >= 11 is 0.803. The number of halogens is 3. The smallest absolute Gasteiger partial charge is 0.214 e. The van der Waals surface area contributed by atoms with Gasteiger partial charge in [0.15, 0.2) is 0 Å². The molecule has 4 aromatic rings. The third kappa shape index (κ3) is 7.07. The van der Waals surface area contributed by atoms with Gasteiger partial charge in [0, 0.05) is 30.4 Å². The zero-order valence-electron chi connectivity index (χ0n) is 22.9. The van der Waals surface area contributed by atoms with Crippen molar-refractivity contribution in [3.05, 3.63) is 107 Å². The first-order valence-corrected chi connectivity index (χ1v) is 14.0. The quantitative estimate of drug-likeness (QED) is 0.142. The molecule has 6 nitrogen and oxygen atoms in total. The topological polar surface area (TPSA) is 49.9 Å². The molecule has 1 aliphatic heterocycles.